The quantitative estimate of drug-likeness (QED) is 0.772. The molecular formula is C19H31NO2. The molecule has 1 N–H and O–H groups in total. The van der Waals surface area contributed by atoms with E-state index < -0.39 is 0 Å². The lowest BCUT2D eigenvalue weighted by atomic mass is 9.81. The molecule has 1 aliphatic carbocycles. The third kappa shape index (κ3) is 4.64. The summed E-state index contributed by atoms with van der Waals surface area (Å²) in [5.41, 5.74) is 1.18. The molecule has 22 heavy (non-hydrogen) atoms. The van der Waals surface area contributed by atoms with Crippen molar-refractivity contribution in [1.82, 2.24) is 5.32 Å². The van der Waals surface area contributed by atoms with Gasteiger partial charge in [-0.1, -0.05) is 38.3 Å². The molecule has 0 aromatic heterocycles. The van der Waals surface area contributed by atoms with E-state index in [9.17, 15) is 0 Å². The fraction of sp³-hybridized carbons (Fsp3) is 0.684. The van der Waals surface area contributed by atoms with Crippen molar-refractivity contribution in [2.24, 2.45) is 11.8 Å². The third-order valence-electron chi connectivity index (χ3n) is 4.86. The van der Waals surface area contributed by atoms with Crippen LogP contribution in [-0.4, -0.2) is 20.3 Å². The molecule has 2 rings (SSSR count). The van der Waals surface area contributed by atoms with E-state index in [2.05, 4.69) is 18.3 Å². The van der Waals surface area contributed by atoms with Crippen molar-refractivity contribution in [1.29, 1.82) is 0 Å². The minimum absolute atomic E-state index is 0.661. The Balaban J connectivity index is 1.84. The van der Waals surface area contributed by atoms with E-state index >= 15 is 0 Å². The lowest BCUT2D eigenvalue weighted by molar-refractivity contribution is 0.261. The van der Waals surface area contributed by atoms with Crippen LogP contribution in [0.3, 0.4) is 0 Å². The van der Waals surface area contributed by atoms with Gasteiger partial charge in [-0.15, -0.1) is 0 Å². The van der Waals surface area contributed by atoms with Crippen molar-refractivity contribution in [3.63, 3.8) is 0 Å². The molecule has 1 aromatic rings. The average molecular weight is 305 g/mol. The highest BCUT2D eigenvalue weighted by Gasteiger charge is 2.19. The fourth-order valence-electron chi connectivity index (χ4n) is 3.42. The zero-order valence-electron chi connectivity index (χ0n) is 14.4. The van der Waals surface area contributed by atoms with Crippen LogP contribution >= 0.6 is 0 Å². The minimum atomic E-state index is 0.661. The first-order chi connectivity index (χ1) is 10.8. The van der Waals surface area contributed by atoms with E-state index in [1.54, 1.807) is 7.11 Å². The molecule has 1 saturated carbocycles. The van der Waals surface area contributed by atoms with Gasteiger partial charge in [-0.2, -0.15) is 0 Å². The monoisotopic (exact) mass is 305 g/mol. The van der Waals surface area contributed by atoms with Crippen molar-refractivity contribution in [3.8, 4) is 11.5 Å². The number of nitrogens with one attached hydrogen (secondary N) is 1. The van der Waals surface area contributed by atoms with Crippen LogP contribution in [0.25, 0.3) is 0 Å². The van der Waals surface area contributed by atoms with Crippen molar-refractivity contribution < 1.29 is 9.47 Å². The smallest absolute Gasteiger partial charge is 0.165 e. The first kappa shape index (κ1) is 17.1. The van der Waals surface area contributed by atoms with Gasteiger partial charge in [-0.3, -0.25) is 0 Å². The largest absolute Gasteiger partial charge is 0.493 e. The van der Waals surface area contributed by atoms with Gasteiger partial charge in [0, 0.05) is 12.1 Å². The molecule has 1 aliphatic rings. The molecule has 0 saturated heterocycles. The Bertz CT molecular complexity index is 439. The van der Waals surface area contributed by atoms with E-state index in [-0.39, 0.29) is 0 Å². The van der Waals surface area contributed by atoms with Gasteiger partial charge in [-0.25, -0.2) is 0 Å². The number of methoxy groups -OCH3 is 1. The van der Waals surface area contributed by atoms with Crippen LogP contribution in [0.4, 0.5) is 0 Å². The molecule has 0 bridgehead atoms. The average Bonchev–Trinajstić information content (AvgIpc) is 2.57. The number of hydrogen-bond donors (Lipinski definition) is 1. The second-order valence-electron chi connectivity index (χ2n) is 6.31. The van der Waals surface area contributed by atoms with Crippen LogP contribution in [0.5, 0.6) is 11.5 Å². The summed E-state index contributed by atoms with van der Waals surface area (Å²) in [5, 5.41) is 3.62. The first-order valence-electron chi connectivity index (χ1n) is 8.77. The Kier molecular flexibility index (Phi) is 7.04. The van der Waals surface area contributed by atoms with Gasteiger partial charge in [0.15, 0.2) is 11.5 Å². The van der Waals surface area contributed by atoms with Crippen LogP contribution in [0.1, 0.15) is 51.5 Å². The van der Waals surface area contributed by atoms with Crippen LogP contribution in [0, 0.1) is 11.8 Å². The van der Waals surface area contributed by atoms with E-state index in [1.807, 2.05) is 19.1 Å². The molecule has 0 amide bonds. The van der Waals surface area contributed by atoms with Gasteiger partial charge in [0.2, 0.25) is 0 Å². The summed E-state index contributed by atoms with van der Waals surface area (Å²) in [6.45, 7) is 6.95. The van der Waals surface area contributed by atoms with E-state index in [1.165, 1.54) is 37.7 Å². The van der Waals surface area contributed by atoms with Gasteiger partial charge >= 0.3 is 0 Å². The summed E-state index contributed by atoms with van der Waals surface area (Å²) >= 11 is 0. The van der Waals surface area contributed by atoms with Gasteiger partial charge in [0.25, 0.3) is 0 Å². The summed E-state index contributed by atoms with van der Waals surface area (Å²) in [4.78, 5) is 0. The van der Waals surface area contributed by atoms with E-state index in [4.69, 9.17) is 9.47 Å². The lowest BCUT2D eigenvalue weighted by Crippen LogP contribution is -2.26. The van der Waals surface area contributed by atoms with Gasteiger partial charge in [-0.05, 0) is 44.2 Å². The highest BCUT2D eigenvalue weighted by Crippen LogP contribution is 2.32. The third-order valence-corrected chi connectivity index (χ3v) is 4.86. The maximum atomic E-state index is 5.77. The molecule has 0 heterocycles. The molecule has 1 aromatic carbocycles. The van der Waals surface area contributed by atoms with E-state index in [0.29, 0.717) is 6.61 Å². The molecule has 0 spiro atoms. The minimum Gasteiger partial charge on any atom is -0.493 e. The molecule has 0 atom stereocenters. The Morgan fingerprint density at radius 2 is 1.82 bits per heavy atom. The molecular weight excluding hydrogens is 274 g/mol. The van der Waals surface area contributed by atoms with E-state index in [0.717, 1.165) is 36.4 Å². The predicted molar refractivity (Wildman–Crippen MR) is 91.6 cm³/mol. The molecule has 124 valence electrons. The second kappa shape index (κ2) is 9.04. The summed E-state index contributed by atoms with van der Waals surface area (Å²) in [7, 11) is 1.70. The highest BCUT2D eigenvalue weighted by molar-refractivity contribution is 5.46. The number of rotatable bonds is 8. The summed E-state index contributed by atoms with van der Waals surface area (Å²) in [5.74, 6) is 3.52. The van der Waals surface area contributed by atoms with Crippen LogP contribution in [0.15, 0.2) is 18.2 Å². The normalized spacial score (nSPS) is 21.6. The topological polar surface area (TPSA) is 30.5 Å². The molecule has 0 aliphatic heterocycles. The summed E-state index contributed by atoms with van der Waals surface area (Å²) in [6.07, 6.45) is 6.92. The van der Waals surface area contributed by atoms with Crippen molar-refractivity contribution >= 4 is 0 Å². The Labute approximate surface area is 135 Å². The predicted octanol–water partition coefficient (Wildman–Crippen LogP) is 4.40. The molecule has 3 heteroatoms. The van der Waals surface area contributed by atoms with Gasteiger partial charge in [0.1, 0.15) is 0 Å². The highest BCUT2D eigenvalue weighted by atomic mass is 16.5. The number of para-hydroxylation sites is 1. The van der Waals surface area contributed by atoms with Crippen molar-refractivity contribution in [3.05, 3.63) is 23.8 Å². The number of hydrogen-bond acceptors (Lipinski definition) is 3. The number of benzene rings is 1. The SMILES string of the molecule is CCOc1c(CNCC2CCC(CC)CC2)cccc1OC. The van der Waals surface area contributed by atoms with Gasteiger partial charge in [0.05, 0.1) is 13.7 Å². The molecule has 1 fully saturated rings. The van der Waals surface area contributed by atoms with Gasteiger partial charge < -0.3 is 14.8 Å². The lowest BCUT2D eigenvalue weighted by Gasteiger charge is -2.28. The number of ether oxygens (including phenoxy) is 2. The Hall–Kier alpha value is -1.22. The molecule has 3 nitrogen and oxygen atoms in total. The second-order valence-corrected chi connectivity index (χ2v) is 6.31. The molecule has 0 radical (unpaired) electrons. The first-order valence-corrected chi connectivity index (χ1v) is 8.77. The standard InChI is InChI=1S/C19H31NO2/c1-4-15-9-11-16(12-10-15)13-20-14-17-7-6-8-18(21-3)19(17)22-5-2/h6-8,15-16,20H,4-5,9-14H2,1-3H3. The van der Waals surface area contributed by atoms with Crippen LogP contribution < -0.4 is 14.8 Å². The van der Waals surface area contributed by atoms with Crippen molar-refractivity contribution in [2.45, 2.75) is 52.5 Å². The fourth-order valence-corrected chi connectivity index (χ4v) is 3.42. The van der Waals surface area contributed by atoms with Crippen LogP contribution in [-0.2, 0) is 6.54 Å². The van der Waals surface area contributed by atoms with Crippen molar-refractivity contribution in [2.75, 3.05) is 20.3 Å². The summed E-state index contributed by atoms with van der Waals surface area (Å²) < 4.78 is 11.2. The zero-order chi connectivity index (χ0) is 15.8. The summed E-state index contributed by atoms with van der Waals surface area (Å²) in [6, 6.07) is 6.11. The maximum absolute atomic E-state index is 5.77. The molecule has 0 unspecified atom stereocenters. The maximum Gasteiger partial charge on any atom is 0.165 e. The Morgan fingerprint density at radius 1 is 1.09 bits per heavy atom. The van der Waals surface area contributed by atoms with Crippen LogP contribution in [0.2, 0.25) is 0 Å². The Morgan fingerprint density at radius 3 is 2.45 bits per heavy atom. The zero-order valence-corrected chi connectivity index (χ0v) is 14.4.